The largest absolute Gasteiger partial charge is 0.507 e. The molecule has 1 aliphatic heterocycles. The second-order valence-electron chi connectivity index (χ2n) is 7.43. The van der Waals surface area contributed by atoms with Crippen molar-refractivity contribution in [1.29, 1.82) is 0 Å². The zero-order valence-electron chi connectivity index (χ0n) is 16.3. The molecule has 30 heavy (non-hydrogen) atoms. The molecule has 0 unspecified atom stereocenters. The first-order chi connectivity index (χ1) is 14.7. The van der Waals surface area contributed by atoms with Gasteiger partial charge in [-0.25, -0.2) is 0 Å². The molecular weight excluding hydrogens is 374 g/mol. The summed E-state index contributed by atoms with van der Waals surface area (Å²) in [5.74, 6) is 0.0813. The fraction of sp³-hybridized carbons (Fsp3) is 0.120. The Labute approximate surface area is 174 Å². The Morgan fingerprint density at radius 3 is 2.30 bits per heavy atom. The normalized spacial score (nSPS) is 15.4. The van der Waals surface area contributed by atoms with Crippen molar-refractivity contribution < 1.29 is 9.90 Å². The van der Waals surface area contributed by atoms with Crippen LogP contribution in [0.1, 0.15) is 33.2 Å². The molecule has 2 heterocycles. The van der Waals surface area contributed by atoms with Gasteiger partial charge in [-0.1, -0.05) is 72.8 Å². The van der Waals surface area contributed by atoms with Gasteiger partial charge in [-0.05, 0) is 29.7 Å². The Morgan fingerprint density at radius 2 is 1.57 bits per heavy atom. The van der Waals surface area contributed by atoms with Crippen molar-refractivity contribution in [2.75, 3.05) is 6.54 Å². The van der Waals surface area contributed by atoms with Gasteiger partial charge in [-0.15, -0.1) is 0 Å². The highest BCUT2D eigenvalue weighted by Crippen LogP contribution is 2.44. The van der Waals surface area contributed by atoms with Crippen LogP contribution in [0, 0.1) is 0 Å². The number of benzene rings is 3. The summed E-state index contributed by atoms with van der Waals surface area (Å²) in [6, 6.07) is 27.0. The summed E-state index contributed by atoms with van der Waals surface area (Å²) in [5, 5.41) is 17.8. The molecule has 148 valence electrons. The van der Waals surface area contributed by atoms with Gasteiger partial charge in [0.05, 0.1) is 6.04 Å². The smallest absolute Gasteiger partial charge is 0.273 e. The summed E-state index contributed by atoms with van der Waals surface area (Å²) in [5.41, 5.74) is 4.76. The molecule has 0 spiro atoms. The van der Waals surface area contributed by atoms with E-state index in [9.17, 15) is 9.90 Å². The Balaban J connectivity index is 1.59. The first kappa shape index (κ1) is 18.2. The maximum absolute atomic E-state index is 13.3. The first-order valence-corrected chi connectivity index (χ1v) is 10.0. The summed E-state index contributed by atoms with van der Waals surface area (Å²) in [7, 11) is 0. The molecular formula is C25H21N3O2. The minimum Gasteiger partial charge on any atom is -0.507 e. The molecule has 5 rings (SSSR count). The third-order valence-corrected chi connectivity index (χ3v) is 5.62. The van der Waals surface area contributed by atoms with Crippen molar-refractivity contribution in [1.82, 2.24) is 15.1 Å². The van der Waals surface area contributed by atoms with E-state index in [1.807, 2.05) is 65.6 Å². The van der Waals surface area contributed by atoms with E-state index in [0.29, 0.717) is 23.5 Å². The molecule has 5 nitrogen and oxygen atoms in total. The van der Waals surface area contributed by atoms with Gasteiger partial charge in [-0.3, -0.25) is 9.89 Å². The van der Waals surface area contributed by atoms with E-state index < -0.39 is 0 Å². The number of hydrogen-bond acceptors (Lipinski definition) is 3. The van der Waals surface area contributed by atoms with Gasteiger partial charge in [0.1, 0.15) is 17.1 Å². The molecule has 0 aliphatic carbocycles. The van der Waals surface area contributed by atoms with Crippen LogP contribution < -0.4 is 0 Å². The van der Waals surface area contributed by atoms with Crippen LogP contribution in [-0.2, 0) is 6.42 Å². The maximum atomic E-state index is 13.3. The average Bonchev–Trinajstić information content (AvgIpc) is 3.33. The van der Waals surface area contributed by atoms with E-state index in [0.717, 1.165) is 17.5 Å². The summed E-state index contributed by atoms with van der Waals surface area (Å²) in [6.45, 7) is 0.588. The van der Waals surface area contributed by atoms with E-state index in [4.69, 9.17) is 0 Å². The lowest BCUT2D eigenvalue weighted by Gasteiger charge is -2.26. The lowest BCUT2D eigenvalue weighted by molar-refractivity contribution is 0.0746. The average molecular weight is 395 g/mol. The molecule has 1 atom stereocenters. The van der Waals surface area contributed by atoms with E-state index in [2.05, 4.69) is 22.3 Å². The molecule has 4 aromatic rings. The number of carbonyl (C=O) groups excluding carboxylic acids is 1. The summed E-state index contributed by atoms with van der Waals surface area (Å²) >= 11 is 0. The fourth-order valence-corrected chi connectivity index (χ4v) is 4.18. The minimum absolute atomic E-state index is 0.0658. The van der Waals surface area contributed by atoms with Gasteiger partial charge in [0.15, 0.2) is 0 Å². The quantitative estimate of drug-likeness (QED) is 0.520. The predicted molar refractivity (Wildman–Crippen MR) is 115 cm³/mol. The van der Waals surface area contributed by atoms with Crippen molar-refractivity contribution in [3.05, 3.63) is 107 Å². The highest BCUT2D eigenvalue weighted by molar-refractivity contribution is 6.00. The highest BCUT2D eigenvalue weighted by Gasteiger charge is 2.42. The van der Waals surface area contributed by atoms with Crippen molar-refractivity contribution in [3.63, 3.8) is 0 Å². The third-order valence-electron chi connectivity index (χ3n) is 5.62. The minimum atomic E-state index is -0.259. The number of aromatic hydroxyl groups is 1. The molecule has 1 aliphatic rings. The van der Waals surface area contributed by atoms with Crippen LogP contribution in [0.15, 0.2) is 84.9 Å². The van der Waals surface area contributed by atoms with Gasteiger partial charge in [0.25, 0.3) is 5.91 Å². The van der Waals surface area contributed by atoms with Gasteiger partial charge in [0.2, 0.25) is 0 Å². The standard InChI is InChI=1S/C25H21N3O2/c29-20-14-8-7-13-19(20)22-21-23(27-26-22)25(30)28(16-15-17-9-3-1-4-10-17)24(21)18-11-5-2-6-12-18/h1-14,24,29H,15-16H2,(H,26,27)/t24-/m1/s1. The number of hydrogen-bond donors (Lipinski definition) is 2. The summed E-state index contributed by atoms with van der Waals surface area (Å²) in [6.07, 6.45) is 0.763. The second-order valence-corrected chi connectivity index (χ2v) is 7.43. The number of carbonyl (C=O) groups is 1. The number of fused-ring (bicyclic) bond motifs is 1. The summed E-state index contributed by atoms with van der Waals surface area (Å²) < 4.78 is 0. The first-order valence-electron chi connectivity index (χ1n) is 10.0. The molecule has 0 fully saturated rings. The van der Waals surface area contributed by atoms with Crippen LogP contribution in [0.3, 0.4) is 0 Å². The number of aromatic nitrogens is 2. The number of amides is 1. The molecule has 0 saturated carbocycles. The zero-order chi connectivity index (χ0) is 20.5. The number of H-pyrrole nitrogens is 1. The number of phenolic OH excluding ortho intramolecular Hbond substituents is 1. The number of para-hydroxylation sites is 1. The van der Waals surface area contributed by atoms with Gasteiger partial charge < -0.3 is 10.0 Å². The van der Waals surface area contributed by atoms with E-state index in [1.54, 1.807) is 12.1 Å². The van der Waals surface area contributed by atoms with Gasteiger partial charge in [0, 0.05) is 17.7 Å². The Hall–Kier alpha value is -3.86. The lowest BCUT2D eigenvalue weighted by atomic mass is 9.95. The van der Waals surface area contributed by atoms with Crippen LogP contribution in [0.25, 0.3) is 11.3 Å². The van der Waals surface area contributed by atoms with Gasteiger partial charge >= 0.3 is 0 Å². The van der Waals surface area contributed by atoms with Crippen LogP contribution in [0.2, 0.25) is 0 Å². The van der Waals surface area contributed by atoms with E-state index in [1.165, 1.54) is 5.56 Å². The van der Waals surface area contributed by atoms with Crippen LogP contribution in [-0.4, -0.2) is 32.7 Å². The number of rotatable bonds is 5. The molecule has 0 bridgehead atoms. The predicted octanol–water partition coefficient (Wildman–Crippen LogP) is 4.57. The second kappa shape index (κ2) is 7.52. The molecule has 1 amide bonds. The fourth-order valence-electron chi connectivity index (χ4n) is 4.18. The van der Waals surface area contributed by atoms with Crippen molar-refractivity contribution in [3.8, 4) is 17.0 Å². The van der Waals surface area contributed by atoms with Gasteiger partial charge in [-0.2, -0.15) is 5.10 Å². The highest BCUT2D eigenvalue weighted by atomic mass is 16.3. The number of phenols is 1. The lowest BCUT2D eigenvalue weighted by Crippen LogP contribution is -2.31. The third kappa shape index (κ3) is 3.05. The zero-order valence-corrected chi connectivity index (χ0v) is 16.3. The van der Waals surface area contributed by atoms with E-state index >= 15 is 0 Å². The number of aromatic amines is 1. The van der Waals surface area contributed by atoms with Crippen LogP contribution >= 0.6 is 0 Å². The van der Waals surface area contributed by atoms with Crippen LogP contribution in [0.5, 0.6) is 5.75 Å². The maximum Gasteiger partial charge on any atom is 0.273 e. The Morgan fingerprint density at radius 1 is 0.900 bits per heavy atom. The molecule has 1 aromatic heterocycles. The number of nitrogens with one attached hydrogen (secondary N) is 1. The Kier molecular flexibility index (Phi) is 4.56. The molecule has 2 N–H and O–H groups in total. The monoisotopic (exact) mass is 395 g/mol. The van der Waals surface area contributed by atoms with Crippen molar-refractivity contribution in [2.24, 2.45) is 0 Å². The Bertz CT molecular complexity index is 1190. The van der Waals surface area contributed by atoms with Crippen molar-refractivity contribution >= 4 is 5.91 Å². The molecule has 0 saturated heterocycles. The van der Waals surface area contributed by atoms with Crippen molar-refractivity contribution in [2.45, 2.75) is 12.5 Å². The number of nitrogens with zero attached hydrogens (tertiary/aromatic N) is 2. The van der Waals surface area contributed by atoms with Crippen LogP contribution in [0.4, 0.5) is 0 Å². The summed E-state index contributed by atoms with van der Waals surface area (Å²) in [4.78, 5) is 15.2. The van der Waals surface area contributed by atoms with E-state index in [-0.39, 0.29) is 17.7 Å². The molecule has 5 heteroatoms. The topological polar surface area (TPSA) is 69.2 Å². The SMILES string of the molecule is O=C1c2[nH]nc(-c3ccccc3O)c2[C@@H](c2ccccc2)N1CCc1ccccc1. The molecule has 0 radical (unpaired) electrons. The molecule has 3 aromatic carbocycles.